The first-order valence-electron chi connectivity index (χ1n) is 8.81. The van der Waals surface area contributed by atoms with Gasteiger partial charge in [0, 0.05) is 24.7 Å². The molecule has 0 amide bonds. The summed E-state index contributed by atoms with van der Waals surface area (Å²) >= 11 is 0. The molecule has 170 valence electrons. The smallest absolute Gasteiger partial charge is 0.423 e. The summed E-state index contributed by atoms with van der Waals surface area (Å²) < 4.78 is 94.6. The molecule has 1 aromatic carbocycles. The minimum absolute atomic E-state index is 0.186. The average molecular weight is 468 g/mol. The molecule has 4 atom stereocenters. The molecule has 8 nitrogen and oxygen atoms in total. The van der Waals surface area contributed by atoms with E-state index < -0.39 is 65.0 Å². The fraction of sp³-hybridized carbons (Fsp3) is 0.412. The summed E-state index contributed by atoms with van der Waals surface area (Å²) in [7, 11) is -3.94. The van der Waals surface area contributed by atoms with Gasteiger partial charge in [-0.25, -0.2) is 27.3 Å². The van der Waals surface area contributed by atoms with Gasteiger partial charge in [0.1, 0.15) is 24.0 Å². The number of nitrogens with two attached hydrogens (primary N) is 1. The normalized spacial score (nSPS) is 24.6. The fourth-order valence-electron chi connectivity index (χ4n) is 2.89. The molecular weight excluding hydrogens is 451 g/mol. The van der Waals surface area contributed by atoms with Crippen LogP contribution in [0.1, 0.15) is 18.4 Å². The summed E-state index contributed by atoms with van der Waals surface area (Å²) in [6.45, 7) is 0. The predicted molar refractivity (Wildman–Crippen MR) is 97.6 cm³/mol. The molecule has 31 heavy (non-hydrogen) atoms. The zero-order valence-corrected chi connectivity index (χ0v) is 16.4. The Morgan fingerprint density at radius 3 is 2.32 bits per heavy atom. The number of primary sulfonamides is 1. The molecule has 2 aromatic rings. The van der Waals surface area contributed by atoms with Crippen LogP contribution in [0.4, 0.5) is 33.6 Å². The molecule has 1 fully saturated rings. The third-order valence-electron chi connectivity index (χ3n) is 4.51. The highest BCUT2D eigenvalue weighted by Gasteiger charge is 2.41. The molecule has 1 heterocycles. The molecule has 0 saturated heterocycles. The van der Waals surface area contributed by atoms with Crippen LogP contribution < -0.4 is 15.2 Å². The molecule has 0 aliphatic heterocycles. The molecule has 3 rings (SSSR count). The number of aliphatic hydroxyl groups excluding tert-OH is 1. The van der Waals surface area contributed by atoms with Crippen LogP contribution in [0.5, 0.6) is 5.88 Å². The lowest BCUT2D eigenvalue weighted by atomic mass is 9.91. The van der Waals surface area contributed by atoms with Crippen molar-refractivity contribution in [1.82, 2.24) is 9.97 Å². The second-order valence-corrected chi connectivity index (χ2v) is 8.39. The standard InChI is InChI=1S/C17H17F5N4O4S/c18-11-5-13(27)14(6-12(11)19)30-15-10(17(20,21)22)7-24-16(26-15)25-8-1-3-9(4-2-8)31(23,28)29/h1-4,7,11-14,27H,5-6H2,(H2,23,28,29)(H,24,25,26)/t11-,12+,13-,14+/m0/s1. The van der Waals surface area contributed by atoms with Crippen molar-refractivity contribution >= 4 is 21.7 Å². The van der Waals surface area contributed by atoms with Gasteiger partial charge in [-0.05, 0) is 24.3 Å². The summed E-state index contributed by atoms with van der Waals surface area (Å²) in [5.41, 5.74) is -1.15. The van der Waals surface area contributed by atoms with E-state index in [0.29, 0.717) is 6.20 Å². The molecular formula is C17H17F5N4O4S. The van der Waals surface area contributed by atoms with Crippen LogP contribution in [-0.4, -0.2) is 48.0 Å². The van der Waals surface area contributed by atoms with Crippen LogP contribution in [0.15, 0.2) is 35.4 Å². The zero-order valence-electron chi connectivity index (χ0n) is 15.6. The molecule has 0 radical (unpaired) electrons. The van der Waals surface area contributed by atoms with Crippen LogP contribution in [-0.2, 0) is 16.2 Å². The Labute approximate surface area is 173 Å². The van der Waals surface area contributed by atoms with Crippen molar-refractivity contribution < 1.29 is 40.2 Å². The maximum atomic E-state index is 13.6. The van der Waals surface area contributed by atoms with Crippen molar-refractivity contribution in [1.29, 1.82) is 0 Å². The van der Waals surface area contributed by atoms with Crippen molar-refractivity contribution in [3.8, 4) is 5.88 Å². The Bertz CT molecular complexity index is 1040. The Hall–Kier alpha value is -2.58. The van der Waals surface area contributed by atoms with E-state index in [1.54, 1.807) is 0 Å². The maximum Gasteiger partial charge on any atom is 0.423 e. The van der Waals surface area contributed by atoms with E-state index in [4.69, 9.17) is 9.88 Å². The van der Waals surface area contributed by atoms with Gasteiger partial charge in [0.05, 0.1) is 11.0 Å². The highest BCUT2D eigenvalue weighted by Crippen LogP contribution is 2.37. The first-order valence-corrected chi connectivity index (χ1v) is 10.4. The largest absolute Gasteiger partial charge is 0.471 e. The number of aliphatic hydroxyl groups is 1. The highest BCUT2D eigenvalue weighted by atomic mass is 32.2. The second-order valence-electron chi connectivity index (χ2n) is 6.83. The molecule has 1 aliphatic rings. The molecule has 0 unspecified atom stereocenters. The van der Waals surface area contributed by atoms with Crippen molar-refractivity contribution in [3.63, 3.8) is 0 Å². The number of nitrogens with zero attached hydrogens (tertiary/aromatic N) is 2. The van der Waals surface area contributed by atoms with Crippen LogP contribution in [0.2, 0.25) is 0 Å². The molecule has 0 spiro atoms. The summed E-state index contributed by atoms with van der Waals surface area (Å²) in [5, 5.41) is 17.4. The number of ether oxygens (including phenoxy) is 1. The highest BCUT2D eigenvalue weighted by molar-refractivity contribution is 7.89. The van der Waals surface area contributed by atoms with Gasteiger partial charge < -0.3 is 15.2 Å². The van der Waals surface area contributed by atoms with Gasteiger partial charge in [0.15, 0.2) is 0 Å². The van der Waals surface area contributed by atoms with Crippen LogP contribution in [0.25, 0.3) is 0 Å². The predicted octanol–water partition coefficient (Wildman–Crippen LogP) is 2.46. The number of halogens is 5. The van der Waals surface area contributed by atoms with E-state index in [-0.39, 0.29) is 16.5 Å². The summed E-state index contributed by atoms with van der Waals surface area (Å²) in [6, 6.07) is 4.88. The number of hydrogen-bond acceptors (Lipinski definition) is 7. The van der Waals surface area contributed by atoms with Gasteiger partial charge in [0.25, 0.3) is 0 Å². The zero-order chi connectivity index (χ0) is 23.0. The molecule has 1 aliphatic carbocycles. The number of sulfonamides is 1. The van der Waals surface area contributed by atoms with E-state index in [0.717, 1.165) is 12.1 Å². The number of nitrogens with one attached hydrogen (secondary N) is 1. The third kappa shape index (κ3) is 5.57. The summed E-state index contributed by atoms with van der Waals surface area (Å²) in [4.78, 5) is 7.01. The lowest BCUT2D eigenvalue weighted by Crippen LogP contribution is -2.44. The minimum atomic E-state index is -4.91. The van der Waals surface area contributed by atoms with Gasteiger partial charge in [-0.2, -0.15) is 18.2 Å². The van der Waals surface area contributed by atoms with Gasteiger partial charge in [-0.3, -0.25) is 0 Å². The van der Waals surface area contributed by atoms with Crippen molar-refractivity contribution in [3.05, 3.63) is 36.0 Å². The Morgan fingerprint density at radius 2 is 1.74 bits per heavy atom. The summed E-state index contributed by atoms with van der Waals surface area (Å²) in [6.07, 6.45) is -12.7. The van der Waals surface area contributed by atoms with E-state index in [1.165, 1.54) is 12.1 Å². The number of rotatable bonds is 5. The lowest BCUT2D eigenvalue weighted by Gasteiger charge is -2.32. The number of benzene rings is 1. The summed E-state index contributed by atoms with van der Waals surface area (Å²) in [5.74, 6) is -1.32. The molecule has 0 bridgehead atoms. The Balaban J connectivity index is 1.87. The van der Waals surface area contributed by atoms with Crippen LogP contribution in [0, 0.1) is 0 Å². The Kier molecular flexibility index (Phi) is 6.34. The molecule has 1 aromatic heterocycles. The molecule has 1 saturated carbocycles. The van der Waals surface area contributed by atoms with E-state index in [2.05, 4.69) is 15.3 Å². The maximum absolute atomic E-state index is 13.6. The Morgan fingerprint density at radius 1 is 1.13 bits per heavy atom. The first-order chi connectivity index (χ1) is 14.3. The second kappa shape index (κ2) is 8.51. The minimum Gasteiger partial charge on any atom is -0.471 e. The number of anilines is 2. The molecule has 4 N–H and O–H groups in total. The van der Waals surface area contributed by atoms with Crippen molar-refractivity contribution in [2.45, 2.75) is 48.5 Å². The fourth-order valence-corrected chi connectivity index (χ4v) is 3.41. The SMILES string of the molecule is NS(=O)(=O)c1ccc(Nc2ncc(C(F)(F)F)c(O[C@@H]3C[C@@H](F)[C@@H](F)C[C@@H]3O)n2)cc1. The third-order valence-corrected chi connectivity index (χ3v) is 5.44. The van der Waals surface area contributed by atoms with Crippen molar-refractivity contribution in [2.75, 3.05) is 5.32 Å². The van der Waals surface area contributed by atoms with Crippen LogP contribution in [0.3, 0.4) is 0 Å². The van der Waals surface area contributed by atoms with E-state index in [1.807, 2.05) is 0 Å². The monoisotopic (exact) mass is 468 g/mol. The number of aromatic nitrogens is 2. The first kappa shape index (κ1) is 23.1. The van der Waals surface area contributed by atoms with E-state index in [9.17, 15) is 35.5 Å². The molecule has 14 heteroatoms. The van der Waals surface area contributed by atoms with Gasteiger partial charge in [-0.1, -0.05) is 0 Å². The van der Waals surface area contributed by atoms with Crippen LogP contribution >= 0.6 is 0 Å². The number of alkyl halides is 5. The average Bonchev–Trinajstić information content (AvgIpc) is 2.65. The van der Waals surface area contributed by atoms with E-state index >= 15 is 0 Å². The van der Waals surface area contributed by atoms with Gasteiger partial charge >= 0.3 is 6.18 Å². The van der Waals surface area contributed by atoms with Gasteiger partial charge in [0.2, 0.25) is 21.9 Å². The lowest BCUT2D eigenvalue weighted by molar-refractivity contribution is -0.141. The topological polar surface area (TPSA) is 127 Å². The van der Waals surface area contributed by atoms with Gasteiger partial charge in [-0.15, -0.1) is 0 Å². The quantitative estimate of drug-likeness (QED) is 0.576. The van der Waals surface area contributed by atoms with Crippen molar-refractivity contribution in [2.24, 2.45) is 5.14 Å². The number of hydrogen-bond donors (Lipinski definition) is 3.